The van der Waals surface area contributed by atoms with Gasteiger partial charge in [-0.25, -0.2) is 4.98 Å². The molecule has 0 saturated carbocycles. The van der Waals surface area contributed by atoms with Crippen molar-refractivity contribution in [1.82, 2.24) is 9.88 Å². The summed E-state index contributed by atoms with van der Waals surface area (Å²) in [5.41, 5.74) is 0.110. The predicted octanol–water partition coefficient (Wildman–Crippen LogP) is 6.22. The van der Waals surface area contributed by atoms with Crippen LogP contribution in [0.4, 0.5) is 26.3 Å². The van der Waals surface area contributed by atoms with E-state index in [1.807, 2.05) is 41.3 Å². The minimum Gasteiger partial charge on any atom is -0.476 e. The fourth-order valence-corrected chi connectivity index (χ4v) is 3.85. The molecule has 0 fully saturated rings. The smallest absolute Gasteiger partial charge is 0.416 e. The Balaban J connectivity index is 1.57. The van der Waals surface area contributed by atoms with Crippen LogP contribution >= 0.6 is 0 Å². The molecule has 2 heterocycles. The van der Waals surface area contributed by atoms with E-state index in [1.54, 1.807) is 6.20 Å². The van der Waals surface area contributed by atoms with Gasteiger partial charge in [-0.2, -0.15) is 26.3 Å². The van der Waals surface area contributed by atoms with E-state index in [9.17, 15) is 26.3 Å². The van der Waals surface area contributed by atoms with Gasteiger partial charge in [-0.15, -0.1) is 0 Å². The van der Waals surface area contributed by atoms with Gasteiger partial charge in [0.1, 0.15) is 6.61 Å². The molecule has 0 bridgehead atoms. The molecular formula is C24H20F6N2O. The molecule has 0 saturated heterocycles. The van der Waals surface area contributed by atoms with Crippen molar-refractivity contribution >= 4 is 0 Å². The molecule has 1 aromatic heterocycles. The monoisotopic (exact) mass is 466 g/mol. The zero-order chi connectivity index (χ0) is 23.6. The van der Waals surface area contributed by atoms with E-state index in [0.717, 1.165) is 28.8 Å². The lowest BCUT2D eigenvalue weighted by Crippen LogP contribution is -2.28. The standard InChI is InChI=1S/C24H20F6N2O/c25-23(26,27)18-12-16(13-19(14-18)24(28,29)30)7-9-32-10-11-33-22-21(15-32)20(6-8-31-22)17-4-2-1-3-5-17/h1-6,8,12-14H,7,9-11,15H2. The number of pyridine rings is 1. The molecule has 0 spiro atoms. The Morgan fingerprint density at radius 2 is 1.55 bits per heavy atom. The number of hydrogen-bond acceptors (Lipinski definition) is 3. The minimum absolute atomic E-state index is 0.0167. The number of halogens is 6. The normalized spacial score (nSPS) is 15.0. The maximum absolute atomic E-state index is 13.2. The van der Waals surface area contributed by atoms with E-state index in [1.165, 1.54) is 0 Å². The molecule has 0 unspecified atom stereocenters. The lowest BCUT2D eigenvalue weighted by Gasteiger charge is -2.21. The molecule has 0 aliphatic carbocycles. The summed E-state index contributed by atoms with van der Waals surface area (Å²) in [6, 6.07) is 13.2. The molecule has 1 aliphatic heterocycles. The van der Waals surface area contributed by atoms with Crippen LogP contribution in [-0.2, 0) is 25.3 Å². The number of ether oxygens (including phenoxy) is 1. The summed E-state index contributed by atoms with van der Waals surface area (Å²) in [6.07, 6.45) is -8.04. The molecule has 3 nitrogen and oxygen atoms in total. The van der Waals surface area contributed by atoms with Crippen LogP contribution in [0.3, 0.4) is 0 Å². The highest BCUT2D eigenvalue weighted by atomic mass is 19.4. The van der Waals surface area contributed by atoms with E-state index in [-0.39, 0.29) is 24.6 Å². The molecule has 0 radical (unpaired) electrons. The number of nitrogens with zero attached hydrogens (tertiary/aromatic N) is 2. The molecule has 4 rings (SSSR count). The highest BCUT2D eigenvalue weighted by Gasteiger charge is 2.36. The van der Waals surface area contributed by atoms with Gasteiger partial charge in [0.05, 0.1) is 11.1 Å². The topological polar surface area (TPSA) is 25.4 Å². The Morgan fingerprint density at radius 3 is 2.18 bits per heavy atom. The molecule has 9 heteroatoms. The fraction of sp³-hybridized carbons (Fsp3) is 0.292. The van der Waals surface area contributed by atoms with Crippen LogP contribution in [0.25, 0.3) is 11.1 Å². The largest absolute Gasteiger partial charge is 0.476 e. The van der Waals surface area contributed by atoms with Crippen LogP contribution in [0.1, 0.15) is 22.3 Å². The second-order valence-corrected chi connectivity index (χ2v) is 7.80. The average Bonchev–Trinajstić information content (AvgIpc) is 2.99. The number of fused-ring (bicyclic) bond motifs is 1. The van der Waals surface area contributed by atoms with Crippen molar-refractivity contribution in [3.63, 3.8) is 0 Å². The van der Waals surface area contributed by atoms with Gasteiger partial charge in [0.15, 0.2) is 0 Å². The quantitative estimate of drug-likeness (QED) is 0.427. The predicted molar refractivity (Wildman–Crippen MR) is 111 cm³/mol. The van der Waals surface area contributed by atoms with E-state index in [0.29, 0.717) is 25.6 Å². The van der Waals surface area contributed by atoms with Crippen molar-refractivity contribution in [2.45, 2.75) is 25.3 Å². The second-order valence-electron chi connectivity index (χ2n) is 7.80. The highest BCUT2D eigenvalue weighted by Crippen LogP contribution is 2.37. The van der Waals surface area contributed by atoms with E-state index >= 15 is 0 Å². The lowest BCUT2D eigenvalue weighted by atomic mass is 10.0. The van der Waals surface area contributed by atoms with E-state index < -0.39 is 23.5 Å². The number of hydrogen-bond donors (Lipinski definition) is 0. The van der Waals surface area contributed by atoms with Gasteiger partial charge < -0.3 is 4.74 Å². The first-order chi connectivity index (χ1) is 15.6. The Kier molecular flexibility index (Phi) is 6.34. The van der Waals surface area contributed by atoms with Crippen molar-refractivity contribution in [3.05, 3.63) is 83.0 Å². The van der Waals surface area contributed by atoms with Gasteiger partial charge >= 0.3 is 12.4 Å². The third kappa shape index (κ3) is 5.47. The van der Waals surface area contributed by atoms with Crippen LogP contribution in [0.2, 0.25) is 0 Å². The Bertz CT molecular complexity index is 1080. The van der Waals surface area contributed by atoms with Crippen LogP contribution in [-0.4, -0.2) is 29.6 Å². The summed E-state index contributed by atoms with van der Waals surface area (Å²) in [5, 5.41) is 0. The first-order valence-corrected chi connectivity index (χ1v) is 10.3. The molecule has 0 amide bonds. The summed E-state index contributed by atoms with van der Waals surface area (Å²) >= 11 is 0. The number of aromatic nitrogens is 1. The molecular weight excluding hydrogens is 446 g/mol. The first-order valence-electron chi connectivity index (χ1n) is 10.3. The molecule has 1 aliphatic rings. The number of rotatable bonds is 4. The fourth-order valence-electron chi connectivity index (χ4n) is 3.85. The third-order valence-electron chi connectivity index (χ3n) is 5.49. The van der Waals surface area contributed by atoms with Gasteiger partial charge in [-0.1, -0.05) is 30.3 Å². The summed E-state index contributed by atoms with van der Waals surface area (Å²) < 4.78 is 84.7. The molecule has 2 aromatic carbocycles. The van der Waals surface area contributed by atoms with E-state index in [2.05, 4.69) is 4.98 Å². The highest BCUT2D eigenvalue weighted by molar-refractivity contribution is 5.68. The Hall–Kier alpha value is -3.07. The number of benzene rings is 2. The van der Waals surface area contributed by atoms with Crippen molar-refractivity contribution in [2.75, 3.05) is 19.7 Å². The van der Waals surface area contributed by atoms with Gasteiger partial charge in [0, 0.05) is 31.4 Å². The van der Waals surface area contributed by atoms with Gasteiger partial charge in [0.25, 0.3) is 0 Å². The third-order valence-corrected chi connectivity index (χ3v) is 5.49. The van der Waals surface area contributed by atoms with Crippen molar-refractivity contribution in [1.29, 1.82) is 0 Å². The van der Waals surface area contributed by atoms with Crippen molar-refractivity contribution in [2.24, 2.45) is 0 Å². The van der Waals surface area contributed by atoms with Crippen LogP contribution in [0, 0.1) is 0 Å². The summed E-state index contributed by atoms with van der Waals surface area (Å²) in [5.74, 6) is 0.484. The van der Waals surface area contributed by atoms with Gasteiger partial charge in [-0.05, 0) is 47.4 Å². The molecule has 174 valence electrons. The lowest BCUT2D eigenvalue weighted by molar-refractivity contribution is -0.143. The van der Waals surface area contributed by atoms with E-state index in [4.69, 9.17) is 4.74 Å². The van der Waals surface area contributed by atoms with Crippen LogP contribution in [0.15, 0.2) is 60.8 Å². The Morgan fingerprint density at radius 1 is 0.879 bits per heavy atom. The van der Waals surface area contributed by atoms with Crippen molar-refractivity contribution < 1.29 is 31.1 Å². The Labute approximate surface area is 186 Å². The summed E-state index contributed by atoms with van der Waals surface area (Å²) in [6.45, 7) is 1.47. The zero-order valence-corrected chi connectivity index (χ0v) is 17.4. The maximum Gasteiger partial charge on any atom is 0.416 e. The van der Waals surface area contributed by atoms with Crippen molar-refractivity contribution in [3.8, 4) is 17.0 Å². The average molecular weight is 466 g/mol. The maximum atomic E-state index is 13.2. The summed E-state index contributed by atoms with van der Waals surface area (Å²) in [4.78, 5) is 6.25. The summed E-state index contributed by atoms with van der Waals surface area (Å²) in [7, 11) is 0. The first kappa shape index (κ1) is 23.1. The zero-order valence-electron chi connectivity index (χ0n) is 17.4. The SMILES string of the molecule is FC(F)(F)c1cc(CCN2CCOc3nccc(-c4ccccc4)c3C2)cc(C(F)(F)F)c1. The molecule has 0 N–H and O–H groups in total. The van der Waals surface area contributed by atoms with Gasteiger partial charge in [0.2, 0.25) is 5.88 Å². The van der Waals surface area contributed by atoms with Crippen LogP contribution < -0.4 is 4.74 Å². The molecule has 3 aromatic rings. The van der Waals surface area contributed by atoms with Crippen LogP contribution in [0.5, 0.6) is 5.88 Å². The van der Waals surface area contributed by atoms with Gasteiger partial charge in [-0.3, -0.25) is 4.90 Å². The molecule has 0 atom stereocenters. The minimum atomic E-state index is -4.86. The molecule has 33 heavy (non-hydrogen) atoms. The number of alkyl halides is 6. The second kappa shape index (κ2) is 9.05.